The van der Waals surface area contributed by atoms with Gasteiger partial charge in [-0.25, -0.2) is 0 Å². The number of rotatable bonds is 5. The first-order valence-corrected chi connectivity index (χ1v) is 14.2. The zero-order chi connectivity index (χ0) is 23.3. The molecule has 0 aromatic carbocycles. The molecule has 0 amide bonds. The quantitative estimate of drug-likeness (QED) is 0.425. The average Bonchev–Trinajstić information content (AvgIpc) is 3.31. The van der Waals surface area contributed by atoms with Gasteiger partial charge in [-0.3, -0.25) is 0 Å². The van der Waals surface area contributed by atoms with Gasteiger partial charge in [-0.1, -0.05) is 60.6 Å². The van der Waals surface area contributed by atoms with Crippen LogP contribution in [0.2, 0.25) is 0 Å². The molecule has 1 unspecified atom stereocenters. The molecule has 2 spiro atoms. The van der Waals surface area contributed by atoms with E-state index in [0.29, 0.717) is 27.6 Å². The normalized spacial score (nSPS) is 51.9. The van der Waals surface area contributed by atoms with Gasteiger partial charge in [0.2, 0.25) is 0 Å². The third kappa shape index (κ3) is 2.73. The smallest absolute Gasteiger partial charge is 0.0594 e. The van der Waals surface area contributed by atoms with Crippen LogP contribution >= 0.6 is 0 Å². The molecule has 0 aromatic heterocycles. The molecule has 9 atom stereocenters. The molecule has 5 aliphatic rings. The molecule has 0 radical (unpaired) electrons. The number of aliphatic hydroxyl groups excluding tert-OH is 1. The van der Waals surface area contributed by atoms with Gasteiger partial charge in [0, 0.05) is 0 Å². The molecular formula is C31H52O. The van der Waals surface area contributed by atoms with E-state index >= 15 is 0 Å². The van der Waals surface area contributed by atoms with Crippen molar-refractivity contribution < 1.29 is 5.11 Å². The van der Waals surface area contributed by atoms with Crippen LogP contribution in [-0.4, -0.2) is 11.2 Å². The van der Waals surface area contributed by atoms with E-state index in [0.717, 1.165) is 30.1 Å². The van der Waals surface area contributed by atoms with E-state index in [1.54, 1.807) is 0 Å². The standard InChI is InChI=1S/C31H52O/c1-20(2)21(3)9-10-22(4)23-13-15-29(8)25-12-11-24-27(5,6)26(32)14-16-30(24)19-31(25,30)18-17-28(23,29)7/h20,22-26,32H,3,9-19H2,1-2,4-8H3/t22-,23-,24-,25+,26?,28-,29+,30-,31+/m1/s1. The zero-order valence-corrected chi connectivity index (χ0v) is 22.4. The summed E-state index contributed by atoms with van der Waals surface area (Å²) in [6.45, 7) is 21.8. The summed E-state index contributed by atoms with van der Waals surface area (Å²) in [6.07, 6.45) is 15.0. The van der Waals surface area contributed by atoms with Gasteiger partial charge in [-0.2, -0.15) is 0 Å². The molecule has 5 rings (SSSR count). The molecule has 32 heavy (non-hydrogen) atoms. The minimum absolute atomic E-state index is 0.0888. The molecule has 5 aliphatic carbocycles. The molecular weight excluding hydrogens is 388 g/mol. The van der Waals surface area contributed by atoms with Gasteiger partial charge in [-0.05, 0) is 127 Å². The Balaban J connectivity index is 1.39. The maximum atomic E-state index is 10.9. The lowest BCUT2D eigenvalue weighted by Gasteiger charge is -2.63. The van der Waals surface area contributed by atoms with Crippen LogP contribution in [0.5, 0.6) is 0 Å². The maximum Gasteiger partial charge on any atom is 0.0594 e. The van der Waals surface area contributed by atoms with E-state index in [9.17, 15) is 5.11 Å². The number of hydrogen-bond donors (Lipinski definition) is 1. The Morgan fingerprint density at radius 3 is 2.19 bits per heavy atom. The molecule has 1 heteroatoms. The van der Waals surface area contributed by atoms with Crippen LogP contribution in [0.1, 0.15) is 119 Å². The monoisotopic (exact) mass is 440 g/mol. The molecule has 5 saturated carbocycles. The van der Waals surface area contributed by atoms with E-state index in [4.69, 9.17) is 0 Å². The fourth-order valence-corrected chi connectivity index (χ4v) is 11.2. The Kier molecular flexibility index (Phi) is 5.21. The van der Waals surface area contributed by atoms with Crippen molar-refractivity contribution in [3.05, 3.63) is 12.2 Å². The highest BCUT2D eigenvalue weighted by atomic mass is 16.3. The lowest BCUT2D eigenvalue weighted by Crippen LogP contribution is -2.57. The van der Waals surface area contributed by atoms with E-state index in [1.165, 1.54) is 69.8 Å². The number of hydrogen-bond acceptors (Lipinski definition) is 1. The van der Waals surface area contributed by atoms with Gasteiger partial charge in [0.25, 0.3) is 0 Å². The molecule has 1 N–H and O–H groups in total. The van der Waals surface area contributed by atoms with Crippen molar-refractivity contribution in [1.82, 2.24) is 0 Å². The Hall–Kier alpha value is -0.300. The van der Waals surface area contributed by atoms with Gasteiger partial charge in [0.05, 0.1) is 6.10 Å². The van der Waals surface area contributed by atoms with Crippen molar-refractivity contribution in [1.29, 1.82) is 0 Å². The van der Waals surface area contributed by atoms with Gasteiger partial charge >= 0.3 is 0 Å². The Morgan fingerprint density at radius 2 is 1.50 bits per heavy atom. The molecule has 0 saturated heterocycles. The van der Waals surface area contributed by atoms with Crippen LogP contribution in [0.15, 0.2) is 12.2 Å². The van der Waals surface area contributed by atoms with Crippen LogP contribution in [0, 0.1) is 56.7 Å². The largest absolute Gasteiger partial charge is 0.393 e. The van der Waals surface area contributed by atoms with E-state index in [1.807, 2.05) is 0 Å². The van der Waals surface area contributed by atoms with Crippen molar-refractivity contribution in [2.75, 3.05) is 0 Å². The molecule has 0 bridgehead atoms. The highest BCUT2D eigenvalue weighted by molar-refractivity contribution is 5.30. The number of fused-ring (bicyclic) bond motifs is 2. The summed E-state index contributed by atoms with van der Waals surface area (Å²) in [7, 11) is 0. The molecule has 0 aromatic rings. The maximum absolute atomic E-state index is 10.9. The second kappa shape index (κ2) is 7.11. The minimum Gasteiger partial charge on any atom is -0.393 e. The van der Waals surface area contributed by atoms with Crippen molar-refractivity contribution in [3.8, 4) is 0 Å². The predicted molar refractivity (Wildman–Crippen MR) is 135 cm³/mol. The summed E-state index contributed by atoms with van der Waals surface area (Å²) in [5.41, 5.74) is 3.79. The van der Waals surface area contributed by atoms with E-state index in [2.05, 4.69) is 55.0 Å². The first kappa shape index (κ1) is 23.4. The fourth-order valence-electron chi connectivity index (χ4n) is 11.2. The van der Waals surface area contributed by atoms with Crippen molar-refractivity contribution in [2.24, 2.45) is 56.7 Å². The molecule has 5 fully saturated rings. The highest BCUT2D eigenvalue weighted by Gasteiger charge is 2.82. The first-order valence-electron chi connectivity index (χ1n) is 14.2. The topological polar surface area (TPSA) is 20.2 Å². The highest BCUT2D eigenvalue weighted by Crippen LogP contribution is 2.89. The summed E-state index contributed by atoms with van der Waals surface area (Å²) >= 11 is 0. The summed E-state index contributed by atoms with van der Waals surface area (Å²) < 4.78 is 0. The fraction of sp³-hybridized carbons (Fsp3) is 0.935. The predicted octanol–water partition coefficient (Wildman–Crippen LogP) is 8.41. The van der Waals surface area contributed by atoms with Crippen molar-refractivity contribution >= 4 is 0 Å². The van der Waals surface area contributed by atoms with Crippen molar-refractivity contribution in [3.63, 3.8) is 0 Å². The average molecular weight is 441 g/mol. The first-order chi connectivity index (χ1) is 14.9. The zero-order valence-electron chi connectivity index (χ0n) is 22.4. The Labute approximate surface area is 199 Å². The van der Waals surface area contributed by atoms with E-state index in [-0.39, 0.29) is 11.5 Å². The van der Waals surface area contributed by atoms with Crippen LogP contribution in [-0.2, 0) is 0 Å². The molecule has 182 valence electrons. The van der Waals surface area contributed by atoms with Crippen molar-refractivity contribution in [2.45, 2.75) is 125 Å². The van der Waals surface area contributed by atoms with E-state index < -0.39 is 0 Å². The van der Waals surface area contributed by atoms with Gasteiger partial charge < -0.3 is 5.11 Å². The summed E-state index contributed by atoms with van der Waals surface area (Å²) in [6, 6.07) is 0. The minimum atomic E-state index is -0.0888. The van der Waals surface area contributed by atoms with Crippen LogP contribution < -0.4 is 0 Å². The van der Waals surface area contributed by atoms with Gasteiger partial charge in [0.15, 0.2) is 0 Å². The second-order valence-electron chi connectivity index (χ2n) is 14.9. The molecule has 1 nitrogen and oxygen atoms in total. The number of aliphatic hydroxyl groups is 1. The summed E-state index contributed by atoms with van der Waals surface area (Å²) in [5, 5.41) is 10.9. The van der Waals surface area contributed by atoms with Crippen LogP contribution in [0.25, 0.3) is 0 Å². The van der Waals surface area contributed by atoms with Gasteiger partial charge in [-0.15, -0.1) is 0 Å². The Morgan fingerprint density at radius 1 is 0.844 bits per heavy atom. The lowest BCUT2D eigenvalue weighted by atomic mass is 9.41. The summed E-state index contributed by atoms with van der Waals surface area (Å²) in [5.74, 6) is 4.02. The Bertz CT molecular complexity index is 779. The van der Waals surface area contributed by atoms with Gasteiger partial charge in [0.1, 0.15) is 0 Å². The molecule has 0 aliphatic heterocycles. The lowest BCUT2D eigenvalue weighted by molar-refractivity contribution is -0.161. The summed E-state index contributed by atoms with van der Waals surface area (Å²) in [4.78, 5) is 0. The molecule has 0 heterocycles. The van der Waals surface area contributed by atoms with Crippen LogP contribution in [0.3, 0.4) is 0 Å². The third-order valence-electron chi connectivity index (χ3n) is 13.6. The van der Waals surface area contributed by atoms with Crippen LogP contribution in [0.4, 0.5) is 0 Å². The third-order valence-corrected chi connectivity index (χ3v) is 13.6. The SMILES string of the molecule is C=C(CC[C@@H](C)[C@H]1CC[C@@]2(C)[C@@H]3CC[C@@H]4C(C)(C)C(O)CC[C@@]45C[C@@]35CC[C@]12C)C(C)C. The second-order valence-corrected chi connectivity index (χ2v) is 14.9. The number of allylic oxidation sites excluding steroid dienone is 1.